The fourth-order valence-electron chi connectivity index (χ4n) is 5.60. The number of hydrogen-bond acceptors (Lipinski definition) is 1. The molecule has 3 heteroatoms. The van der Waals surface area contributed by atoms with Crippen molar-refractivity contribution in [3.8, 4) is 16.9 Å². The lowest BCUT2D eigenvalue weighted by molar-refractivity contribution is 0.165. The minimum absolute atomic E-state index is 0.0971. The number of ether oxygens (including phenoxy) is 1. The van der Waals surface area contributed by atoms with Gasteiger partial charge in [0.1, 0.15) is 0 Å². The van der Waals surface area contributed by atoms with Gasteiger partial charge in [-0.3, -0.25) is 0 Å². The van der Waals surface area contributed by atoms with E-state index in [0.29, 0.717) is 11.5 Å². The Balaban J connectivity index is 1.39. The van der Waals surface area contributed by atoms with E-state index in [0.717, 1.165) is 17.8 Å². The summed E-state index contributed by atoms with van der Waals surface area (Å²) in [4.78, 5) is 0. The average Bonchev–Trinajstić information content (AvgIpc) is 2.81. The van der Waals surface area contributed by atoms with Crippen molar-refractivity contribution in [1.82, 2.24) is 0 Å². The highest BCUT2D eigenvalue weighted by atomic mass is 19.2. The van der Waals surface area contributed by atoms with E-state index in [1.807, 2.05) is 12.1 Å². The van der Waals surface area contributed by atoms with Crippen LogP contribution in [0.2, 0.25) is 0 Å². The summed E-state index contributed by atoms with van der Waals surface area (Å²) >= 11 is 0. The summed E-state index contributed by atoms with van der Waals surface area (Å²) in [6.45, 7) is 4.15. The van der Waals surface area contributed by atoms with Crippen molar-refractivity contribution in [2.75, 3.05) is 0 Å². The van der Waals surface area contributed by atoms with E-state index in [1.165, 1.54) is 69.3 Å². The van der Waals surface area contributed by atoms with Gasteiger partial charge < -0.3 is 4.74 Å². The zero-order valence-corrected chi connectivity index (χ0v) is 18.7. The monoisotopic (exact) mass is 424 g/mol. The van der Waals surface area contributed by atoms with Crippen molar-refractivity contribution >= 4 is 0 Å². The summed E-state index contributed by atoms with van der Waals surface area (Å²) in [7, 11) is 0. The van der Waals surface area contributed by atoms with E-state index in [4.69, 9.17) is 4.74 Å². The van der Waals surface area contributed by atoms with Gasteiger partial charge >= 0.3 is 0 Å². The molecule has 31 heavy (non-hydrogen) atoms. The van der Waals surface area contributed by atoms with E-state index in [1.54, 1.807) is 19.1 Å². The maximum atomic E-state index is 14.6. The highest BCUT2D eigenvalue weighted by Gasteiger charge is 2.30. The van der Waals surface area contributed by atoms with Gasteiger partial charge in [-0.05, 0) is 92.4 Å². The van der Waals surface area contributed by atoms with E-state index >= 15 is 0 Å². The second-order valence-electron chi connectivity index (χ2n) is 9.58. The Bertz CT molecular complexity index is 886. The first kappa shape index (κ1) is 22.0. The third-order valence-corrected chi connectivity index (χ3v) is 7.57. The van der Waals surface area contributed by atoms with Crippen LogP contribution in [0, 0.1) is 29.4 Å². The van der Waals surface area contributed by atoms with Crippen LogP contribution in [0.4, 0.5) is 8.78 Å². The molecule has 0 heterocycles. The Morgan fingerprint density at radius 2 is 1.39 bits per heavy atom. The van der Waals surface area contributed by atoms with Gasteiger partial charge in [-0.1, -0.05) is 50.1 Å². The van der Waals surface area contributed by atoms with Crippen LogP contribution in [-0.2, 0) is 0 Å². The summed E-state index contributed by atoms with van der Waals surface area (Å²) in [5.74, 6) is 1.44. The second kappa shape index (κ2) is 9.97. The molecule has 2 aromatic rings. The third kappa shape index (κ3) is 5.02. The molecular weight excluding hydrogens is 390 g/mol. The normalized spacial score (nSPS) is 26.8. The van der Waals surface area contributed by atoms with Crippen LogP contribution in [0.1, 0.15) is 76.7 Å². The molecule has 0 saturated heterocycles. The van der Waals surface area contributed by atoms with Gasteiger partial charge in [0.2, 0.25) is 5.82 Å². The van der Waals surface area contributed by atoms with Gasteiger partial charge in [-0.2, -0.15) is 4.39 Å². The van der Waals surface area contributed by atoms with E-state index in [9.17, 15) is 8.78 Å². The molecule has 2 aliphatic carbocycles. The van der Waals surface area contributed by atoms with Crippen molar-refractivity contribution < 1.29 is 13.5 Å². The number of benzene rings is 2. The predicted molar refractivity (Wildman–Crippen MR) is 123 cm³/mol. The van der Waals surface area contributed by atoms with Crippen molar-refractivity contribution in [2.24, 2.45) is 17.8 Å². The second-order valence-corrected chi connectivity index (χ2v) is 9.58. The molecule has 4 rings (SSSR count). The number of rotatable bonds is 5. The molecule has 0 radical (unpaired) electrons. The predicted octanol–water partition coefficient (Wildman–Crippen LogP) is 8.64. The van der Waals surface area contributed by atoms with Gasteiger partial charge in [0.25, 0.3) is 0 Å². The average molecular weight is 425 g/mol. The standard InChI is InChI=1S/C28H34F2O/c1-3-18-31-26-17-16-25(27(29)28(26)30)24-14-12-23(13-15-24)22-10-8-21(9-11-22)20-6-4-19(2)5-7-20/h3,12-22H,4-11H2,1-2H3/b18-3+. The van der Waals surface area contributed by atoms with Gasteiger partial charge in [0.15, 0.2) is 11.6 Å². The summed E-state index contributed by atoms with van der Waals surface area (Å²) in [5.41, 5.74) is 2.29. The summed E-state index contributed by atoms with van der Waals surface area (Å²) in [6.07, 6.45) is 13.8. The Labute approximate surface area is 185 Å². The molecule has 2 aromatic carbocycles. The van der Waals surface area contributed by atoms with E-state index < -0.39 is 11.6 Å². The molecule has 0 bridgehead atoms. The summed E-state index contributed by atoms with van der Waals surface area (Å²) in [5, 5.41) is 0. The fraction of sp³-hybridized carbons (Fsp3) is 0.500. The lowest BCUT2D eigenvalue weighted by atomic mass is 9.68. The molecule has 0 N–H and O–H groups in total. The molecule has 2 fully saturated rings. The topological polar surface area (TPSA) is 9.23 Å². The Kier molecular flexibility index (Phi) is 7.09. The van der Waals surface area contributed by atoms with Crippen LogP contribution < -0.4 is 4.74 Å². The first-order valence-electron chi connectivity index (χ1n) is 11.9. The van der Waals surface area contributed by atoms with Crippen molar-refractivity contribution in [2.45, 2.75) is 71.1 Å². The molecule has 2 saturated carbocycles. The van der Waals surface area contributed by atoms with Gasteiger partial charge in [0.05, 0.1) is 6.26 Å². The lowest BCUT2D eigenvalue weighted by Crippen LogP contribution is -2.24. The SMILES string of the molecule is C/C=C/Oc1ccc(-c2ccc(C3CCC(C4CCC(C)CC4)CC3)cc2)c(F)c1F. The zero-order valence-electron chi connectivity index (χ0n) is 18.7. The first-order chi connectivity index (χ1) is 15.1. The van der Waals surface area contributed by atoms with E-state index in [-0.39, 0.29) is 11.3 Å². The smallest absolute Gasteiger partial charge is 0.201 e. The maximum absolute atomic E-state index is 14.6. The number of halogens is 2. The Morgan fingerprint density at radius 1 is 0.774 bits per heavy atom. The van der Waals surface area contributed by atoms with Crippen LogP contribution in [0.5, 0.6) is 5.75 Å². The molecule has 0 spiro atoms. The van der Waals surface area contributed by atoms with Crippen LogP contribution in [0.15, 0.2) is 48.7 Å². The van der Waals surface area contributed by atoms with Crippen LogP contribution in [-0.4, -0.2) is 0 Å². The molecule has 2 aliphatic rings. The highest BCUT2D eigenvalue weighted by molar-refractivity contribution is 5.65. The minimum Gasteiger partial charge on any atom is -0.462 e. The van der Waals surface area contributed by atoms with E-state index in [2.05, 4.69) is 19.1 Å². The molecule has 1 nitrogen and oxygen atoms in total. The molecule has 0 unspecified atom stereocenters. The van der Waals surface area contributed by atoms with Gasteiger partial charge in [-0.25, -0.2) is 4.39 Å². The minimum atomic E-state index is -0.949. The number of hydrogen-bond donors (Lipinski definition) is 0. The maximum Gasteiger partial charge on any atom is 0.201 e. The van der Waals surface area contributed by atoms with Crippen molar-refractivity contribution in [3.63, 3.8) is 0 Å². The van der Waals surface area contributed by atoms with Crippen LogP contribution >= 0.6 is 0 Å². The summed E-state index contributed by atoms with van der Waals surface area (Å²) < 4.78 is 34.0. The molecule has 166 valence electrons. The van der Waals surface area contributed by atoms with Crippen LogP contribution in [0.25, 0.3) is 11.1 Å². The summed E-state index contributed by atoms with van der Waals surface area (Å²) in [6, 6.07) is 11.1. The largest absolute Gasteiger partial charge is 0.462 e. The first-order valence-corrected chi connectivity index (χ1v) is 11.9. The van der Waals surface area contributed by atoms with Crippen molar-refractivity contribution in [1.29, 1.82) is 0 Å². The molecule has 0 atom stereocenters. The zero-order chi connectivity index (χ0) is 21.8. The Hall–Kier alpha value is -2.16. The van der Waals surface area contributed by atoms with Gasteiger partial charge in [0, 0.05) is 5.56 Å². The fourth-order valence-corrected chi connectivity index (χ4v) is 5.60. The lowest BCUT2D eigenvalue weighted by Gasteiger charge is -2.37. The van der Waals surface area contributed by atoms with Gasteiger partial charge in [-0.15, -0.1) is 0 Å². The number of allylic oxidation sites excluding steroid dienone is 1. The quantitative estimate of drug-likeness (QED) is 0.436. The Morgan fingerprint density at radius 3 is 2.00 bits per heavy atom. The van der Waals surface area contributed by atoms with Crippen LogP contribution in [0.3, 0.4) is 0 Å². The molecule has 0 amide bonds. The highest BCUT2D eigenvalue weighted by Crippen LogP contribution is 2.44. The third-order valence-electron chi connectivity index (χ3n) is 7.57. The van der Waals surface area contributed by atoms with Crippen molar-refractivity contribution in [3.05, 3.63) is 65.9 Å². The molecular formula is C28H34F2O. The molecule has 0 aromatic heterocycles. The molecule has 0 aliphatic heterocycles.